The monoisotopic (exact) mass is 214 g/mol. The molecule has 1 aliphatic rings. The Labute approximate surface area is 94.4 Å². The Kier molecular flexibility index (Phi) is 6.57. The van der Waals surface area contributed by atoms with E-state index in [4.69, 9.17) is 0 Å². The molecule has 1 saturated heterocycles. The van der Waals surface area contributed by atoms with Gasteiger partial charge in [0.2, 0.25) is 5.91 Å². The van der Waals surface area contributed by atoms with Crippen molar-refractivity contribution < 1.29 is 4.79 Å². The Hall–Kier alpha value is -0.570. The Bertz CT molecular complexity index is 192. The molecule has 0 aromatic rings. The minimum absolute atomic E-state index is 0.219. The number of nitrogens with zero attached hydrogens (tertiary/aromatic N) is 2. The number of likely N-dealkylation sites (N-methyl/N-ethyl adjacent to an activating group) is 1. The van der Waals surface area contributed by atoms with Gasteiger partial charge in [0.15, 0.2) is 0 Å². The highest BCUT2D eigenvalue weighted by Gasteiger charge is 2.35. The third-order valence-corrected chi connectivity index (χ3v) is 3.00. The molecule has 2 atom stereocenters. The van der Waals surface area contributed by atoms with E-state index in [0.717, 1.165) is 19.4 Å². The molecule has 0 N–H and O–H groups in total. The van der Waals surface area contributed by atoms with Gasteiger partial charge in [-0.05, 0) is 26.9 Å². The average Bonchev–Trinajstić information content (AvgIpc) is 2.64. The van der Waals surface area contributed by atoms with Crippen molar-refractivity contribution in [3.63, 3.8) is 0 Å². The largest absolute Gasteiger partial charge is 0.338 e. The van der Waals surface area contributed by atoms with Crippen LogP contribution < -0.4 is 0 Å². The zero-order chi connectivity index (χ0) is 12.0. The van der Waals surface area contributed by atoms with E-state index in [1.807, 2.05) is 18.7 Å². The molecule has 1 rings (SSSR count). The van der Waals surface area contributed by atoms with Crippen molar-refractivity contribution in [2.75, 3.05) is 20.6 Å². The van der Waals surface area contributed by atoms with E-state index in [2.05, 4.69) is 25.9 Å². The number of hydrogen-bond acceptors (Lipinski definition) is 2. The van der Waals surface area contributed by atoms with E-state index in [-0.39, 0.29) is 5.91 Å². The molecule has 3 heteroatoms. The average molecular weight is 214 g/mol. The molecular formula is C12H26N2O. The molecule has 1 fully saturated rings. The third kappa shape index (κ3) is 3.49. The van der Waals surface area contributed by atoms with Crippen molar-refractivity contribution in [2.24, 2.45) is 0 Å². The van der Waals surface area contributed by atoms with Gasteiger partial charge in [-0.2, -0.15) is 0 Å². The van der Waals surface area contributed by atoms with Crippen molar-refractivity contribution in [3.8, 4) is 0 Å². The molecule has 0 aromatic heterocycles. The van der Waals surface area contributed by atoms with E-state index in [0.29, 0.717) is 12.1 Å². The van der Waals surface area contributed by atoms with E-state index in [1.54, 1.807) is 6.92 Å². The van der Waals surface area contributed by atoms with Gasteiger partial charge in [-0.3, -0.25) is 4.79 Å². The predicted molar refractivity (Wildman–Crippen MR) is 64.9 cm³/mol. The lowest BCUT2D eigenvalue weighted by Gasteiger charge is -2.29. The first-order valence-electron chi connectivity index (χ1n) is 6.01. The summed E-state index contributed by atoms with van der Waals surface area (Å²) in [6.07, 6.45) is 2.17. The van der Waals surface area contributed by atoms with Crippen LogP contribution in [0.1, 0.15) is 40.5 Å². The number of rotatable bonds is 2. The van der Waals surface area contributed by atoms with Crippen molar-refractivity contribution >= 4 is 5.91 Å². The molecule has 0 spiro atoms. The molecule has 2 unspecified atom stereocenters. The first-order valence-corrected chi connectivity index (χ1v) is 6.01. The highest BCUT2D eigenvalue weighted by Crippen LogP contribution is 2.23. The number of hydrogen-bond donors (Lipinski definition) is 0. The molecule has 1 heterocycles. The van der Waals surface area contributed by atoms with Gasteiger partial charge in [0, 0.05) is 25.6 Å². The van der Waals surface area contributed by atoms with E-state index < -0.39 is 0 Å². The number of amides is 1. The fourth-order valence-electron chi connectivity index (χ4n) is 2.32. The summed E-state index contributed by atoms with van der Waals surface area (Å²) in [7, 11) is 4.19. The lowest BCUT2D eigenvalue weighted by atomic mass is 10.1. The molecule has 0 aromatic carbocycles. The fraction of sp³-hybridized carbons (Fsp3) is 0.917. The van der Waals surface area contributed by atoms with Gasteiger partial charge in [0.1, 0.15) is 0 Å². The van der Waals surface area contributed by atoms with Crippen LogP contribution in [0.4, 0.5) is 0 Å². The summed E-state index contributed by atoms with van der Waals surface area (Å²) in [5.74, 6) is 0.219. The van der Waals surface area contributed by atoms with Crippen LogP contribution in [0.3, 0.4) is 0 Å². The van der Waals surface area contributed by atoms with Gasteiger partial charge in [0.25, 0.3) is 0 Å². The molecular weight excluding hydrogens is 188 g/mol. The second-order valence-electron chi connectivity index (χ2n) is 4.01. The molecule has 3 nitrogen and oxygen atoms in total. The van der Waals surface area contributed by atoms with Gasteiger partial charge in [-0.1, -0.05) is 20.8 Å². The van der Waals surface area contributed by atoms with Gasteiger partial charge in [0.05, 0.1) is 0 Å². The smallest absolute Gasteiger partial charge is 0.219 e. The first kappa shape index (κ1) is 14.4. The normalized spacial score (nSPS) is 25.1. The number of likely N-dealkylation sites (tertiary alicyclic amines) is 1. The molecule has 1 amide bonds. The van der Waals surface area contributed by atoms with Crippen LogP contribution in [-0.4, -0.2) is 48.4 Å². The molecule has 1 aliphatic heterocycles. The van der Waals surface area contributed by atoms with Gasteiger partial charge >= 0.3 is 0 Å². The van der Waals surface area contributed by atoms with Crippen LogP contribution in [0.5, 0.6) is 0 Å². The number of carbonyl (C=O) groups is 1. The standard InChI is InChI=1S/C10H20N2O.C2H6/c1-5-9-10(11(3)4)6-7-12(9)8(2)13;1-2/h9-10H,5-7H2,1-4H3;1-2H3. The predicted octanol–water partition coefficient (Wildman–Crippen LogP) is 1.97. The molecule has 0 aliphatic carbocycles. The van der Waals surface area contributed by atoms with Gasteiger partial charge in [-0.25, -0.2) is 0 Å². The topological polar surface area (TPSA) is 23.6 Å². The Morgan fingerprint density at radius 3 is 2.27 bits per heavy atom. The summed E-state index contributed by atoms with van der Waals surface area (Å²) in [5.41, 5.74) is 0. The molecule has 15 heavy (non-hydrogen) atoms. The SMILES string of the molecule is CC.CCC1C(N(C)C)CCN1C(C)=O. The van der Waals surface area contributed by atoms with Crippen molar-refractivity contribution in [2.45, 2.75) is 52.6 Å². The quantitative estimate of drug-likeness (QED) is 0.701. The summed E-state index contributed by atoms with van der Waals surface area (Å²) < 4.78 is 0. The van der Waals surface area contributed by atoms with E-state index >= 15 is 0 Å². The van der Waals surface area contributed by atoms with Crippen molar-refractivity contribution in [3.05, 3.63) is 0 Å². The second-order valence-corrected chi connectivity index (χ2v) is 4.01. The summed E-state index contributed by atoms with van der Waals surface area (Å²) in [6, 6.07) is 0.974. The molecule has 90 valence electrons. The molecule has 0 bridgehead atoms. The van der Waals surface area contributed by atoms with E-state index in [1.165, 1.54) is 0 Å². The minimum Gasteiger partial charge on any atom is -0.338 e. The maximum atomic E-state index is 11.3. The minimum atomic E-state index is 0.219. The van der Waals surface area contributed by atoms with Crippen LogP contribution >= 0.6 is 0 Å². The van der Waals surface area contributed by atoms with Crippen LogP contribution in [-0.2, 0) is 4.79 Å². The maximum Gasteiger partial charge on any atom is 0.219 e. The lowest BCUT2D eigenvalue weighted by Crippen LogP contribution is -2.43. The van der Waals surface area contributed by atoms with Crippen LogP contribution in [0, 0.1) is 0 Å². The van der Waals surface area contributed by atoms with Gasteiger partial charge in [-0.15, -0.1) is 0 Å². The van der Waals surface area contributed by atoms with Crippen molar-refractivity contribution in [1.82, 2.24) is 9.80 Å². The van der Waals surface area contributed by atoms with Crippen LogP contribution in [0.15, 0.2) is 0 Å². The fourth-order valence-corrected chi connectivity index (χ4v) is 2.32. The number of carbonyl (C=O) groups excluding carboxylic acids is 1. The highest BCUT2D eigenvalue weighted by atomic mass is 16.2. The Morgan fingerprint density at radius 1 is 1.40 bits per heavy atom. The lowest BCUT2D eigenvalue weighted by molar-refractivity contribution is -0.130. The summed E-state index contributed by atoms with van der Waals surface area (Å²) in [4.78, 5) is 15.5. The maximum absolute atomic E-state index is 11.3. The van der Waals surface area contributed by atoms with E-state index in [9.17, 15) is 4.79 Å². The second kappa shape index (κ2) is 6.83. The third-order valence-electron chi connectivity index (χ3n) is 3.00. The highest BCUT2D eigenvalue weighted by molar-refractivity contribution is 5.74. The molecule has 0 saturated carbocycles. The first-order chi connectivity index (χ1) is 7.07. The zero-order valence-electron chi connectivity index (χ0n) is 11.1. The summed E-state index contributed by atoms with van der Waals surface area (Å²) >= 11 is 0. The Morgan fingerprint density at radius 2 is 1.93 bits per heavy atom. The van der Waals surface area contributed by atoms with Crippen LogP contribution in [0.2, 0.25) is 0 Å². The Balaban J connectivity index is 0.000000921. The van der Waals surface area contributed by atoms with Gasteiger partial charge < -0.3 is 9.80 Å². The molecule has 0 radical (unpaired) electrons. The summed E-state index contributed by atoms with van der Waals surface area (Å²) in [6.45, 7) is 8.75. The zero-order valence-corrected chi connectivity index (χ0v) is 11.1. The van der Waals surface area contributed by atoms with Crippen molar-refractivity contribution in [1.29, 1.82) is 0 Å². The van der Waals surface area contributed by atoms with Crippen LogP contribution in [0.25, 0.3) is 0 Å². The summed E-state index contributed by atoms with van der Waals surface area (Å²) in [5, 5.41) is 0.